The summed E-state index contributed by atoms with van der Waals surface area (Å²) in [6, 6.07) is 15.7. The lowest BCUT2D eigenvalue weighted by atomic mass is 9.49. The van der Waals surface area contributed by atoms with Crippen molar-refractivity contribution in [3.05, 3.63) is 52.6 Å². The third-order valence-electron chi connectivity index (χ3n) is 5.21. The molecule has 3 rings (SSSR count). The Kier molecular flexibility index (Phi) is 3.49. The molecule has 0 aliphatic heterocycles. The lowest BCUT2D eigenvalue weighted by molar-refractivity contribution is 0.241. The average molecular weight is 310 g/mol. The van der Waals surface area contributed by atoms with E-state index in [-0.39, 0.29) is 6.42 Å². The van der Waals surface area contributed by atoms with E-state index in [0.717, 1.165) is 22.3 Å². The number of allylic oxidation sites excluding steroid dienone is 3. The second-order valence-electron chi connectivity index (χ2n) is 6.15. The summed E-state index contributed by atoms with van der Waals surface area (Å²) in [5.74, 6) is -0.586. The number of nitriles is 4. The summed E-state index contributed by atoms with van der Waals surface area (Å²) in [5, 5.41) is 39.4. The molecular formula is C20H14N4. The van der Waals surface area contributed by atoms with E-state index >= 15 is 0 Å². The van der Waals surface area contributed by atoms with E-state index in [4.69, 9.17) is 0 Å². The van der Waals surface area contributed by atoms with Crippen LogP contribution in [0.25, 0.3) is 6.08 Å². The fourth-order valence-corrected chi connectivity index (χ4v) is 3.92. The molecule has 2 aliphatic rings. The van der Waals surface area contributed by atoms with Crippen molar-refractivity contribution in [2.45, 2.75) is 25.7 Å². The van der Waals surface area contributed by atoms with Crippen LogP contribution in [0.1, 0.15) is 36.8 Å². The lowest BCUT2D eigenvalue weighted by Gasteiger charge is -2.45. The van der Waals surface area contributed by atoms with Gasteiger partial charge in [0.05, 0.1) is 24.3 Å². The predicted octanol–water partition coefficient (Wildman–Crippen LogP) is 3.97. The van der Waals surface area contributed by atoms with Gasteiger partial charge in [-0.3, -0.25) is 0 Å². The molecule has 0 radical (unpaired) electrons. The third kappa shape index (κ3) is 1.69. The summed E-state index contributed by atoms with van der Waals surface area (Å²) in [4.78, 5) is 0. The van der Waals surface area contributed by atoms with Gasteiger partial charge < -0.3 is 0 Å². The highest BCUT2D eigenvalue weighted by Crippen LogP contribution is 2.60. The van der Waals surface area contributed by atoms with Gasteiger partial charge in [-0.15, -0.1) is 0 Å². The molecule has 0 N–H and O–H groups in total. The molecule has 1 atom stereocenters. The SMILES string of the molecule is CCC1=C2C=Cc3ccccc3C2C(C#N)(C#N)C(C#N)(C#N)C1. The highest BCUT2D eigenvalue weighted by Gasteiger charge is 2.63. The lowest BCUT2D eigenvalue weighted by Crippen LogP contribution is -2.47. The average Bonchev–Trinajstić information content (AvgIpc) is 2.66. The Hall–Kier alpha value is -3.34. The molecule has 0 spiro atoms. The molecule has 24 heavy (non-hydrogen) atoms. The maximum absolute atomic E-state index is 9.94. The number of nitrogens with zero attached hydrogens (tertiary/aromatic N) is 4. The van der Waals surface area contributed by atoms with Crippen LogP contribution in [0.2, 0.25) is 0 Å². The molecule has 1 unspecified atom stereocenters. The Morgan fingerprint density at radius 3 is 2.25 bits per heavy atom. The summed E-state index contributed by atoms with van der Waals surface area (Å²) in [6.07, 6.45) is 4.72. The fourth-order valence-electron chi connectivity index (χ4n) is 3.92. The van der Waals surface area contributed by atoms with Crippen LogP contribution >= 0.6 is 0 Å². The molecule has 0 fully saturated rings. The first-order valence-electron chi connectivity index (χ1n) is 7.77. The van der Waals surface area contributed by atoms with Crippen molar-refractivity contribution in [3.63, 3.8) is 0 Å². The minimum absolute atomic E-state index is 0.135. The summed E-state index contributed by atoms with van der Waals surface area (Å²) in [6.45, 7) is 1.97. The molecule has 0 aromatic heterocycles. The number of hydrogen-bond donors (Lipinski definition) is 0. The number of hydrogen-bond acceptors (Lipinski definition) is 4. The third-order valence-corrected chi connectivity index (χ3v) is 5.21. The van der Waals surface area contributed by atoms with Crippen molar-refractivity contribution in [1.29, 1.82) is 21.0 Å². The zero-order valence-electron chi connectivity index (χ0n) is 13.2. The highest BCUT2D eigenvalue weighted by molar-refractivity contribution is 5.69. The largest absolute Gasteiger partial charge is 0.196 e. The maximum Gasteiger partial charge on any atom is 0.186 e. The summed E-state index contributed by atoms with van der Waals surface area (Å²) >= 11 is 0. The van der Waals surface area contributed by atoms with Crippen LogP contribution in [0, 0.1) is 56.2 Å². The first kappa shape index (κ1) is 15.6. The van der Waals surface area contributed by atoms with Gasteiger partial charge in [-0.05, 0) is 23.1 Å². The van der Waals surface area contributed by atoms with Gasteiger partial charge in [0.1, 0.15) is 0 Å². The molecule has 0 amide bonds. The van der Waals surface area contributed by atoms with Crippen LogP contribution in [0.4, 0.5) is 0 Å². The van der Waals surface area contributed by atoms with Crippen LogP contribution < -0.4 is 0 Å². The summed E-state index contributed by atoms with van der Waals surface area (Å²) in [7, 11) is 0. The fraction of sp³-hybridized carbons (Fsp3) is 0.300. The second-order valence-corrected chi connectivity index (χ2v) is 6.15. The Bertz CT molecular complexity index is 910. The quantitative estimate of drug-likeness (QED) is 0.784. The topological polar surface area (TPSA) is 95.2 Å². The van der Waals surface area contributed by atoms with Gasteiger partial charge in [0.2, 0.25) is 0 Å². The van der Waals surface area contributed by atoms with Gasteiger partial charge in [-0.1, -0.05) is 48.9 Å². The smallest absolute Gasteiger partial charge is 0.186 e. The molecule has 1 aromatic carbocycles. The van der Waals surface area contributed by atoms with Crippen LogP contribution in [0.15, 0.2) is 41.5 Å². The molecule has 0 heterocycles. The molecule has 1 aromatic rings. The molecule has 0 saturated heterocycles. The normalized spacial score (nSPS) is 22.1. The number of benzene rings is 1. The van der Waals surface area contributed by atoms with E-state index in [1.54, 1.807) is 0 Å². The Balaban J connectivity index is 2.45. The molecule has 0 bridgehead atoms. The van der Waals surface area contributed by atoms with E-state index in [9.17, 15) is 21.0 Å². The Morgan fingerprint density at radius 2 is 1.67 bits per heavy atom. The zero-order valence-corrected chi connectivity index (χ0v) is 13.2. The minimum atomic E-state index is -1.73. The summed E-state index contributed by atoms with van der Waals surface area (Å²) in [5.41, 5.74) is 0.219. The van der Waals surface area contributed by atoms with E-state index in [2.05, 4.69) is 12.1 Å². The monoisotopic (exact) mass is 310 g/mol. The predicted molar refractivity (Wildman–Crippen MR) is 87.5 cm³/mol. The molecule has 4 heteroatoms. The number of fused-ring (bicyclic) bond motifs is 3. The van der Waals surface area contributed by atoms with Crippen molar-refractivity contribution in [2.75, 3.05) is 0 Å². The van der Waals surface area contributed by atoms with E-state index in [1.165, 1.54) is 0 Å². The van der Waals surface area contributed by atoms with Crippen molar-refractivity contribution < 1.29 is 0 Å². The second kappa shape index (κ2) is 5.38. The molecule has 4 nitrogen and oxygen atoms in total. The van der Waals surface area contributed by atoms with Crippen LogP contribution in [-0.2, 0) is 0 Å². The van der Waals surface area contributed by atoms with E-state index in [0.29, 0.717) is 6.42 Å². The highest BCUT2D eigenvalue weighted by atomic mass is 14.6. The van der Waals surface area contributed by atoms with E-state index < -0.39 is 16.7 Å². The van der Waals surface area contributed by atoms with Crippen molar-refractivity contribution in [1.82, 2.24) is 0 Å². The summed E-state index contributed by atoms with van der Waals surface area (Å²) < 4.78 is 0. The molecule has 0 saturated carbocycles. The Morgan fingerprint density at radius 1 is 1.00 bits per heavy atom. The van der Waals surface area contributed by atoms with Gasteiger partial charge in [0, 0.05) is 12.3 Å². The molecule has 2 aliphatic carbocycles. The number of rotatable bonds is 1. The standard InChI is InChI=1S/C20H14N4/c1-2-14-9-19(10-21,11-22)20(12-23,13-24)18-16-6-4-3-5-15(16)7-8-17(14)18/h3-8,18H,2,9H2,1H3. The van der Waals surface area contributed by atoms with Crippen LogP contribution in [0.3, 0.4) is 0 Å². The van der Waals surface area contributed by atoms with Crippen LogP contribution in [0.5, 0.6) is 0 Å². The van der Waals surface area contributed by atoms with Gasteiger partial charge in [-0.2, -0.15) is 21.0 Å². The molecule has 114 valence electrons. The van der Waals surface area contributed by atoms with Crippen molar-refractivity contribution >= 4 is 6.08 Å². The maximum atomic E-state index is 9.94. The van der Waals surface area contributed by atoms with Gasteiger partial charge >= 0.3 is 0 Å². The van der Waals surface area contributed by atoms with Gasteiger partial charge in [0.15, 0.2) is 10.8 Å². The van der Waals surface area contributed by atoms with Gasteiger partial charge in [-0.25, -0.2) is 0 Å². The van der Waals surface area contributed by atoms with E-state index in [1.807, 2.05) is 55.5 Å². The zero-order chi connectivity index (χ0) is 17.4. The van der Waals surface area contributed by atoms with Crippen molar-refractivity contribution in [3.8, 4) is 24.3 Å². The first-order valence-corrected chi connectivity index (χ1v) is 7.77. The minimum Gasteiger partial charge on any atom is -0.196 e. The first-order chi connectivity index (χ1) is 11.6. The Labute approximate surface area is 141 Å². The van der Waals surface area contributed by atoms with Gasteiger partial charge in [0.25, 0.3) is 0 Å². The van der Waals surface area contributed by atoms with Crippen LogP contribution in [-0.4, -0.2) is 0 Å². The molecular weight excluding hydrogens is 296 g/mol. The van der Waals surface area contributed by atoms with Crippen molar-refractivity contribution in [2.24, 2.45) is 10.8 Å².